The normalized spacial score (nSPS) is 13.4. The Labute approximate surface area is 192 Å². The van der Waals surface area contributed by atoms with Crippen LogP contribution in [0.2, 0.25) is 0 Å². The van der Waals surface area contributed by atoms with Gasteiger partial charge in [0.25, 0.3) is 0 Å². The molecule has 33 heavy (non-hydrogen) atoms. The van der Waals surface area contributed by atoms with Gasteiger partial charge in [-0.15, -0.1) is 0 Å². The lowest BCUT2D eigenvalue weighted by atomic mass is 9.92. The highest BCUT2D eigenvalue weighted by atomic mass is 16.5. The standard InChI is InChI=1S/C21H23NO3.C4H4O4/c1-22(2)11-5-8-18-17-7-4-3-6-16(17)14-25-20-10-9-15(12-19(18)20)13-21(23)24;5-3(6)1-2-4(7)8/h3-4,6-10,12H,5,11,13-14H2,1-2H3,(H,23,24);1-2H,(H,5,6)(H,7,8)/b18-8-;2-1-. The Balaban J connectivity index is 0.000000414. The number of hydrogen-bond donors (Lipinski definition) is 3. The predicted octanol–water partition coefficient (Wildman–Crippen LogP) is 3.30. The summed E-state index contributed by atoms with van der Waals surface area (Å²) in [6.07, 6.45) is 4.28. The SMILES string of the molecule is CN(C)CC/C=C1/c2ccccc2COc2ccc(CC(=O)O)cc21.O=C(O)/C=C\C(=O)O. The minimum atomic E-state index is -1.26. The van der Waals surface area contributed by atoms with Crippen LogP contribution in [0.25, 0.3) is 5.57 Å². The van der Waals surface area contributed by atoms with Gasteiger partial charge in [-0.25, -0.2) is 9.59 Å². The predicted molar refractivity (Wildman–Crippen MR) is 123 cm³/mol. The third-order valence-corrected chi connectivity index (χ3v) is 4.67. The van der Waals surface area contributed by atoms with Crippen LogP contribution in [0.15, 0.2) is 60.7 Å². The van der Waals surface area contributed by atoms with Crippen LogP contribution in [0.4, 0.5) is 0 Å². The number of carboxylic acids is 3. The topological polar surface area (TPSA) is 124 Å². The molecule has 0 atom stereocenters. The molecule has 1 heterocycles. The number of benzene rings is 2. The molecule has 8 nitrogen and oxygen atoms in total. The monoisotopic (exact) mass is 453 g/mol. The molecule has 0 bridgehead atoms. The van der Waals surface area contributed by atoms with E-state index in [1.165, 1.54) is 0 Å². The fourth-order valence-corrected chi connectivity index (χ4v) is 3.24. The second kappa shape index (κ2) is 12.2. The molecular weight excluding hydrogens is 426 g/mol. The van der Waals surface area contributed by atoms with Crippen molar-refractivity contribution in [2.24, 2.45) is 0 Å². The number of aliphatic carboxylic acids is 3. The summed E-state index contributed by atoms with van der Waals surface area (Å²) in [7, 11) is 4.11. The van der Waals surface area contributed by atoms with E-state index in [4.69, 9.17) is 20.1 Å². The van der Waals surface area contributed by atoms with Gasteiger partial charge in [-0.2, -0.15) is 0 Å². The number of nitrogens with zero attached hydrogens (tertiary/aromatic N) is 1. The molecule has 1 aliphatic rings. The zero-order chi connectivity index (χ0) is 24.4. The Morgan fingerprint density at radius 3 is 2.24 bits per heavy atom. The van der Waals surface area contributed by atoms with Crippen LogP contribution in [0, 0.1) is 0 Å². The molecule has 0 amide bonds. The van der Waals surface area contributed by atoms with Crippen molar-refractivity contribution >= 4 is 23.5 Å². The minimum absolute atomic E-state index is 0.0138. The maximum absolute atomic E-state index is 11.1. The van der Waals surface area contributed by atoms with Gasteiger partial charge in [0, 0.05) is 24.3 Å². The zero-order valence-electron chi connectivity index (χ0n) is 18.5. The summed E-state index contributed by atoms with van der Waals surface area (Å²) in [6.45, 7) is 1.48. The van der Waals surface area contributed by atoms with Gasteiger partial charge in [0.05, 0.1) is 6.42 Å². The second-order valence-corrected chi connectivity index (χ2v) is 7.57. The van der Waals surface area contributed by atoms with Crippen LogP contribution in [0.5, 0.6) is 5.75 Å². The lowest BCUT2D eigenvalue weighted by molar-refractivity contribution is -0.136. The van der Waals surface area contributed by atoms with E-state index in [9.17, 15) is 14.4 Å². The molecule has 0 fully saturated rings. The summed E-state index contributed by atoms with van der Waals surface area (Å²) in [5.74, 6) is -2.53. The van der Waals surface area contributed by atoms with Crippen LogP contribution in [-0.2, 0) is 27.4 Å². The fraction of sp³-hybridized carbons (Fsp3) is 0.240. The summed E-state index contributed by atoms with van der Waals surface area (Å²) in [5, 5.41) is 24.7. The molecule has 0 radical (unpaired) electrons. The van der Waals surface area contributed by atoms with Gasteiger partial charge >= 0.3 is 17.9 Å². The van der Waals surface area contributed by atoms with Gasteiger partial charge < -0.3 is 25.0 Å². The molecular formula is C25H27NO7. The van der Waals surface area contributed by atoms with Gasteiger partial charge in [0.15, 0.2) is 0 Å². The van der Waals surface area contributed by atoms with Crippen LogP contribution in [0.1, 0.15) is 28.7 Å². The lowest BCUT2D eigenvalue weighted by Crippen LogP contribution is -2.12. The molecule has 0 saturated carbocycles. The van der Waals surface area contributed by atoms with Crippen molar-refractivity contribution in [1.82, 2.24) is 4.90 Å². The number of ether oxygens (including phenoxy) is 1. The lowest BCUT2D eigenvalue weighted by Gasteiger charge is -2.13. The smallest absolute Gasteiger partial charge is 0.328 e. The van der Waals surface area contributed by atoms with E-state index in [1.807, 2.05) is 30.3 Å². The Kier molecular flexibility index (Phi) is 9.38. The van der Waals surface area contributed by atoms with E-state index in [0.717, 1.165) is 46.5 Å². The third kappa shape index (κ3) is 8.27. The highest BCUT2D eigenvalue weighted by Crippen LogP contribution is 2.37. The van der Waals surface area contributed by atoms with Crippen molar-refractivity contribution in [1.29, 1.82) is 0 Å². The molecule has 2 aromatic rings. The fourth-order valence-electron chi connectivity index (χ4n) is 3.24. The largest absolute Gasteiger partial charge is 0.488 e. The van der Waals surface area contributed by atoms with Crippen LogP contribution in [-0.4, -0.2) is 58.8 Å². The van der Waals surface area contributed by atoms with Crippen molar-refractivity contribution in [3.8, 4) is 5.75 Å². The molecule has 0 saturated heterocycles. The van der Waals surface area contributed by atoms with Crippen molar-refractivity contribution in [2.45, 2.75) is 19.4 Å². The van der Waals surface area contributed by atoms with Crippen LogP contribution < -0.4 is 4.74 Å². The summed E-state index contributed by atoms with van der Waals surface area (Å²) in [6, 6.07) is 13.9. The average molecular weight is 453 g/mol. The van der Waals surface area contributed by atoms with Gasteiger partial charge in [-0.3, -0.25) is 4.79 Å². The molecule has 2 aromatic carbocycles. The summed E-state index contributed by atoms with van der Waals surface area (Å²) >= 11 is 0. The maximum atomic E-state index is 11.1. The van der Waals surface area contributed by atoms with Crippen LogP contribution >= 0.6 is 0 Å². The van der Waals surface area contributed by atoms with E-state index >= 15 is 0 Å². The number of carboxylic acid groups (broad SMARTS) is 3. The summed E-state index contributed by atoms with van der Waals surface area (Å²) in [4.78, 5) is 32.3. The van der Waals surface area contributed by atoms with E-state index in [2.05, 4.69) is 37.2 Å². The first-order chi connectivity index (χ1) is 15.7. The highest BCUT2D eigenvalue weighted by Gasteiger charge is 2.19. The summed E-state index contributed by atoms with van der Waals surface area (Å²) < 4.78 is 5.99. The molecule has 0 spiro atoms. The molecule has 3 rings (SSSR count). The van der Waals surface area contributed by atoms with Gasteiger partial charge in [0.1, 0.15) is 12.4 Å². The third-order valence-electron chi connectivity index (χ3n) is 4.67. The zero-order valence-corrected chi connectivity index (χ0v) is 18.5. The number of carbonyl (C=O) groups is 3. The van der Waals surface area contributed by atoms with Gasteiger partial charge in [-0.1, -0.05) is 36.4 Å². The first-order valence-corrected chi connectivity index (χ1v) is 10.2. The molecule has 3 N–H and O–H groups in total. The molecule has 174 valence electrons. The first kappa shape index (κ1) is 25.4. The van der Waals surface area contributed by atoms with E-state index in [1.54, 1.807) is 0 Å². The Morgan fingerprint density at radius 2 is 1.64 bits per heavy atom. The van der Waals surface area contributed by atoms with Crippen molar-refractivity contribution in [3.05, 3.63) is 82.9 Å². The Morgan fingerprint density at radius 1 is 0.970 bits per heavy atom. The number of hydrogen-bond acceptors (Lipinski definition) is 5. The van der Waals surface area contributed by atoms with Gasteiger partial charge in [-0.05, 0) is 54.9 Å². The van der Waals surface area contributed by atoms with Crippen molar-refractivity contribution in [3.63, 3.8) is 0 Å². The van der Waals surface area contributed by atoms with E-state index in [-0.39, 0.29) is 6.42 Å². The van der Waals surface area contributed by atoms with Crippen molar-refractivity contribution in [2.75, 3.05) is 20.6 Å². The quantitative estimate of drug-likeness (QED) is 0.546. The molecule has 8 heteroatoms. The first-order valence-electron chi connectivity index (χ1n) is 10.2. The second-order valence-electron chi connectivity index (χ2n) is 7.57. The Hall–Kier alpha value is -3.91. The van der Waals surface area contributed by atoms with E-state index < -0.39 is 17.9 Å². The number of rotatable bonds is 7. The molecule has 0 unspecified atom stereocenters. The average Bonchev–Trinajstić information content (AvgIpc) is 2.89. The molecule has 1 aliphatic heterocycles. The summed E-state index contributed by atoms with van der Waals surface area (Å²) in [5.41, 5.74) is 5.19. The maximum Gasteiger partial charge on any atom is 0.328 e. The van der Waals surface area contributed by atoms with Crippen molar-refractivity contribution < 1.29 is 34.4 Å². The van der Waals surface area contributed by atoms with E-state index in [0.29, 0.717) is 18.8 Å². The van der Waals surface area contributed by atoms with Crippen LogP contribution in [0.3, 0.4) is 0 Å². The molecule has 0 aromatic heterocycles. The Bertz CT molecular complexity index is 1050. The molecule has 0 aliphatic carbocycles. The minimum Gasteiger partial charge on any atom is -0.488 e. The number of fused-ring (bicyclic) bond motifs is 2. The van der Waals surface area contributed by atoms with Gasteiger partial charge in [0.2, 0.25) is 0 Å². The highest BCUT2D eigenvalue weighted by molar-refractivity contribution is 5.89.